The van der Waals surface area contributed by atoms with Gasteiger partial charge in [-0.1, -0.05) is 13.3 Å². The van der Waals surface area contributed by atoms with Crippen LogP contribution in [0.3, 0.4) is 0 Å². The molecule has 7 heteroatoms. The first-order chi connectivity index (χ1) is 13.1. The summed E-state index contributed by atoms with van der Waals surface area (Å²) in [7, 11) is 2.18. The molecule has 0 aliphatic carbocycles. The highest BCUT2D eigenvalue weighted by molar-refractivity contribution is 5.95. The third-order valence-electron chi connectivity index (χ3n) is 6.17. The Balaban J connectivity index is 1.67. The number of aliphatic hydroxyl groups excluding tert-OH is 1. The molecule has 2 aliphatic heterocycles. The van der Waals surface area contributed by atoms with Gasteiger partial charge in [0.1, 0.15) is 0 Å². The number of carbonyl (C=O) groups is 1. The highest BCUT2D eigenvalue weighted by Crippen LogP contribution is 2.28. The second-order valence-electron chi connectivity index (χ2n) is 8.08. The average Bonchev–Trinajstić information content (AvgIpc) is 3.15. The first-order valence-corrected chi connectivity index (χ1v) is 10.5. The Labute approximate surface area is 162 Å². The number of aryl methyl sites for hydroxylation is 1. The van der Waals surface area contributed by atoms with Crippen LogP contribution in [0, 0.1) is 5.92 Å². The fourth-order valence-corrected chi connectivity index (χ4v) is 4.58. The number of nitrogens with one attached hydrogen (secondary N) is 1. The Bertz CT molecular complexity index is 597. The average molecular weight is 378 g/mol. The van der Waals surface area contributed by atoms with Crippen molar-refractivity contribution in [2.24, 2.45) is 5.92 Å². The maximum absolute atomic E-state index is 13.1. The van der Waals surface area contributed by atoms with Gasteiger partial charge in [-0.15, -0.1) is 0 Å². The second-order valence-corrected chi connectivity index (χ2v) is 8.08. The number of H-pyrrole nitrogens is 1. The van der Waals surface area contributed by atoms with Crippen LogP contribution in [0.2, 0.25) is 0 Å². The fourth-order valence-electron chi connectivity index (χ4n) is 4.58. The lowest BCUT2D eigenvalue weighted by atomic mass is 9.86. The van der Waals surface area contributed by atoms with Crippen LogP contribution in [0.5, 0.6) is 0 Å². The first kappa shape index (κ1) is 20.3. The van der Waals surface area contributed by atoms with Gasteiger partial charge in [-0.05, 0) is 38.6 Å². The molecule has 1 amide bonds. The SMILES string of the molecule is CCCc1[nH]ncc1C(=O)N1CC[C@H](N2CCN(C)CC2)[C@H](CCCO)C1. The number of likely N-dealkylation sites (N-methyl/N-ethyl adjacent to an activating group) is 1. The molecule has 0 aromatic carbocycles. The van der Waals surface area contributed by atoms with E-state index >= 15 is 0 Å². The summed E-state index contributed by atoms with van der Waals surface area (Å²) >= 11 is 0. The smallest absolute Gasteiger partial charge is 0.257 e. The lowest BCUT2D eigenvalue weighted by Gasteiger charge is -2.46. The van der Waals surface area contributed by atoms with E-state index in [0.29, 0.717) is 12.0 Å². The van der Waals surface area contributed by atoms with Crippen molar-refractivity contribution in [3.63, 3.8) is 0 Å². The molecule has 2 saturated heterocycles. The molecule has 1 aromatic rings. The Hall–Kier alpha value is -1.44. The second kappa shape index (κ2) is 9.66. The van der Waals surface area contributed by atoms with Gasteiger partial charge in [0.05, 0.1) is 11.8 Å². The van der Waals surface area contributed by atoms with Crippen LogP contribution in [-0.4, -0.2) is 94.9 Å². The predicted octanol–water partition coefficient (Wildman–Crippen LogP) is 1.21. The first-order valence-electron chi connectivity index (χ1n) is 10.5. The van der Waals surface area contributed by atoms with Crippen molar-refractivity contribution in [2.75, 3.05) is 52.9 Å². The maximum Gasteiger partial charge on any atom is 0.257 e. The Morgan fingerprint density at radius 1 is 1.30 bits per heavy atom. The summed E-state index contributed by atoms with van der Waals surface area (Å²) in [5, 5.41) is 16.4. The van der Waals surface area contributed by atoms with Crippen molar-refractivity contribution < 1.29 is 9.90 Å². The zero-order valence-electron chi connectivity index (χ0n) is 16.9. The molecule has 7 nitrogen and oxygen atoms in total. The van der Waals surface area contributed by atoms with Gasteiger partial charge in [-0.25, -0.2) is 0 Å². The molecule has 3 heterocycles. The molecule has 2 fully saturated rings. The Morgan fingerprint density at radius 3 is 2.78 bits per heavy atom. The predicted molar refractivity (Wildman–Crippen MR) is 106 cm³/mol. The summed E-state index contributed by atoms with van der Waals surface area (Å²) in [5.41, 5.74) is 1.69. The topological polar surface area (TPSA) is 75.7 Å². The molecule has 0 unspecified atom stereocenters. The van der Waals surface area contributed by atoms with Gasteiger partial charge in [0.15, 0.2) is 0 Å². The molecule has 27 heavy (non-hydrogen) atoms. The minimum absolute atomic E-state index is 0.109. The summed E-state index contributed by atoms with van der Waals surface area (Å²) in [5.74, 6) is 0.540. The molecular formula is C20H35N5O2. The zero-order chi connectivity index (χ0) is 19.2. The van der Waals surface area contributed by atoms with E-state index in [4.69, 9.17) is 0 Å². The van der Waals surface area contributed by atoms with Gasteiger partial charge in [0.25, 0.3) is 5.91 Å². The molecule has 0 spiro atoms. The van der Waals surface area contributed by atoms with Gasteiger partial charge in [-0.2, -0.15) is 5.10 Å². The normalized spacial score (nSPS) is 25.1. The van der Waals surface area contributed by atoms with Crippen molar-refractivity contribution >= 4 is 5.91 Å². The van der Waals surface area contributed by atoms with Gasteiger partial charge >= 0.3 is 0 Å². The molecule has 2 aliphatic rings. The van der Waals surface area contributed by atoms with E-state index in [2.05, 4.69) is 34.0 Å². The number of piperidine rings is 1. The van der Waals surface area contributed by atoms with E-state index in [9.17, 15) is 9.90 Å². The molecule has 152 valence electrons. The maximum atomic E-state index is 13.1. The lowest BCUT2D eigenvalue weighted by molar-refractivity contribution is 0.0217. The van der Waals surface area contributed by atoms with E-state index in [0.717, 1.165) is 82.6 Å². The van der Waals surface area contributed by atoms with Crippen molar-refractivity contribution in [1.82, 2.24) is 24.9 Å². The number of aromatic amines is 1. The molecule has 3 rings (SSSR count). The van der Waals surface area contributed by atoms with Crippen molar-refractivity contribution in [3.8, 4) is 0 Å². The minimum Gasteiger partial charge on any atom is -0.396 e. The van der Waals surface area contributed by atoms with Gasteiger partial charge < -0.3 is 14.9 Å². The zero-order valence-corrected chi connectivity index (χ0v) is 16.9. The van der Waals surface area contributed by atoms with Gasteiger partial charge in [0, 0.05) is 57.6 Å². The van der Waals surface area contributed by atoms with Crippen LogP contribution in [0.15, 0.2) is 6.20 Å². The number of nitrogens with zero attached hydrogens (tertiary/aromatic N) is 4. The number of likely N-dealkylation sites (tertiary alicyclic amines) is 1. The van der Waals surface area contributed by atoms with E-state index < -0.39 is 0 Å². The Morgan fingerprint density at radius 2 is 2.07 bits per heavy atom. The fraction of sp³-hybridized carbons (Fsp3) is 0.800. The van der Waals surface area contributed by atoms with Crippen LogP contribution in [0.1, 0.15) is 48.7 Å². The number of hydrogen-bond donors (Lipinski definition) is 2. The van der Waals surface area contributed by atoms with Crippen LogP contribution >= 0.6 is 0 Å². The van der Waals surface area contributed by atoms with E-state index in [1.54, 1.807) is 6.20 Å². The number of carbonyl (C=O) groups excluding carboxylic acids is 1. The van der Waals surface area contributed by atoms with Crippen LogP contribution in [0.25, 0.3) is 0 Å². The van der Waals surface area contributed by atoms with E-state index in [1.807, 2.05) is 4.90 Å². The van der Waals surface area contributed by atoms with Crippen LogP contribution in [-0.2, 0) is 6.42 Å². The summed E-state index contributed by atoms with van der Waals surface area (Å²) in [6, 6.07) is 0.522. The third kappa shape index (κ3) is 4.89. The van der Waals surface area contributed by atoms with Crippen molar-refractivity contribution in [3.05, 3.63) is 17.5 Å². The number of hydrogen-bond acceptors (Lipinski definition) is 5. The largest absolute Gasteiger partial charge is 0.396 e. The van der Waals surface area contributed by atoms with Gasteiger partial charge in [0.2, 0.25) is 0 Å². The molecule has 2 atom stereocenters. The lowest BCUT2D eigenvalue weighted by Crippen LogP contribution is -2.57. The molecule has 0 bridgehead atoms. The standard InChI is InChI=1S/C20H35N5O2/c1-3-5-18-17(14-21-22-18)20(27)25-8-7-19(16(15-25)6-4-13-26)24-11-9-23(2)10-12-24/h14,16,19,26H,3-13,15H2,1-2H3,(H,21,22)/t16-,19+/m1/s1. The molecular weight excluding hydrogens is 342 g/mol. The van der Waals surface area contributed by atoms with E-state index in [-0.39, 0.29) is 12.5 Å². The summed E-state index contributed by atoms with van der Waals surface area (Å²) in [6.07, 6.45) is 6.34. The van der Waals surface area contributed by atoms with Crippen molar-refractivity contribution in [2.45, 2.75) is 45.1 Å². The highest BCUT2D eigenvalue weighted by Gasteiger charge is 2.36. The number of rotatable bonds is 7. The minimum atomic E-state index is 0.109. The molecule has 0 radical (unpaired) electrons. The number of aromatic nitrogens is 2. The number of amides is 1. The molecule has 1 aromatic heterocycles. The Kier molecular flexibility index (Phi) is 7.26. The van der Waals surface area contributed by atoms with E-state index in [1.165, 1.54) is 0 Å². The third-order valence-corrected chi connectivity index (χ3v) is 6.17. The van der Waals surface area contributed by atoms with Crippen molar-refractivity contribution in [1.29, 1.82) is 0 Å². The summed E-state index contributed by atoms with van der Waals surface area (Å²) < 4.78 is 0. The van der Waals surface area contributed by atoms with Crippen LogP contribution in [0.4, 0.5) is 0 Å². The quantitative estimate of drug-likeness (QED) is 0.747. The summed E-state index contributed by atoms with van der Waals surface area (Å²) in [6.45, 7) is 8.36. The van der Waals surface area contributed by atoms with Crippen LogP contribution < -0.4 is 0 Å². The molecule has 2 N–H and O–H groups in total. The summed E-state index contributed by atoms with van der Waals surface area (Å²) in [4.78, 5) is 20.1. The number of piperazine rings is 1. The monoisotopic (exact) mass is 377 g/mol. The number of aliphatic hydroxyl groups is 1. The molecule has 0 saturated carbocycles. The van der Waals surface area contributed by atoms with Gasteiger partial charge in [-0.3, -0.25) is 14.8 Å². The highest BCUT2D eigenvalue weighted by atomic mass is 16.3.